The van der Waals surface area contributed by atoms with E-state index < -0.39 is 0 Å². The Morgan fingerprint density at radius 3 is 2.96 bits per heavy atom. The predicted molar refractivity (Wildman–Crippen MR) is 91.7 cm³/mol. The van der Waals surface area contributed by atoms with Crippen molar-refractivity contribution in [1.82, 2.24) is 0 Å². The van der Waals surface area contributed by atoms with Gasteiger partial charge in [0.05, 0.1) is 6.54 Å². The molecule has 0 amide bonds. The number of nitrogens with two attached hydrogens (primary N) is 1. The predicted octanol–water partition coefficient (Wildman–Crippen LogP) is 3.12. The third kappa shape index (κ3) is 2.34. The number of phenols is 1. The van der Waals surface area contributed by atoms with Gasteiger partial charge in [-0.25, -0.2) is 0 Å². The average molecular weight is 329 g/mol. The van der Waals surface area contributed by atoms with Gasteiger partial charge >= 0.3 is 5.97 Å². The number of hydrogen-bond donors (Lipinski definition) is 2. The molecule has 0 bridgehead atoms. The van der Waals surface area contributed by atoms with Crippen LogP contribution in [0.1, 0.15) is 56.1 Å². The maximum absolute atomic E-state index is 11.7. The van der Waals surface area contributed by atoms with Crippen LogP contribution in [0.3, 0.4) is 0 Å². The van der Waals surface area contributed by atoms with Crippen LogP contribution in [0.15, 0.2) is 18.2 Å². The molecule has 4 heteroatoms. The van der Waals surface area contributed by atoms with E-state index in [0.29, 0.717) is 23.5 Å². The fourth-order valence-corrected chi connectivity index (χ4v) is 5.92. The van der Waals surface area contributed by atoms with Crippen LogP contribution in [0.5, 0.6) is 5.75 Å². The number of fused-ring (bicyclic) bond motifs is 5. The first kappa shape index (κ1) is 15.9. The highest BCUT2D eigenvalue weighted by Gasteiger charge is 2.56. The van der Waals surface area contributed by atoms with Crippen LogP contribution in [0.25, 0.3) is 0 Å². The molecule has 24 heavy (non-hydrogen) atoms. The first-order valence-electron chi connectivity index (χ1n) is 9.24. The number of hydrogen-bond acceptors (Lipinski definition) is 4. The largest absolute Gasteiger partial charge is 0.508 e. The molecule has 1 aromatic carbocycles. The average Bonchev–Trinajstić information content (AvgIpc) is 2.90. The number of ether oxygens (including phenoxy) is 1. The van der Waals surface area contributed by atoms with Crippen molar-refractivity contribution < 1.29 is 14.6 Å². The van der Waals surface area contributed by atoms with Gasteiger partial charge in [0.15, 0.2) is 0 Å². The molecule has 2 saturated carbocycles. The highest BCUT2D eigenvalue weighted by molar-refractivity contribution is 5.71. The number of esters is 1. The summed E-state index contributed by atoms with van der Waals surface area (Å²) in [7, 11) is 0. The van der Waals surface area contributed by atoms with Crippen molar-refractivity contribution in [3.8, 4) is 5.75 Å². The normalized spacial score (nSPS) is 37.2. The Bertz CT molecular complexity index is 658. The van der Waals surface area contributed by atoms with Crippen molar-refractivity contribution in [2.45, 2.75) is 57.5 Å². The zero-order valence-electron chi connectivity index (χ0n) is 14.3. The Labute approximate surface area is 143 Å². The molecule has 2 fully saturated rings. The quantitative estimate of drug-likeness (QED) is 0.818. The third-order valence-electron chi connectivity index (χ3n) is 7.06. The van der Waals surface area contributed by atoms with E-state index >= 15 is 0 Å². The number of carbonyl (C=O) groups excluding carboxylic acids is 1. The van der Waals surface area contributed by atoms with E-state index in [1.807, 2.05) is 12.1 Å². The molecule has 1 aromatic rings. The van der Waals surface area contributed by atoms with Gasteiger partial charge in [0.1, 0.15) is 11.9 Å². The lowest BCUT2D eigenvalue weighted by atomic mass is 9.55. The van der Waals surface area contributed by atoms with Crippen LogP contribution in [-0.4, -0.2) is 23.7 Å². The molecular weight excluding hydrogens is 302 g/mol. The molecular formula is C20H27NO3. The zero-order chi connectivity index (χ0) is 16.9. The van der Waals surface area contributed by atoms with Gasteiger partial charge in [-0.1, -0.05) is 13.0 Å². The molecule has 3 aliphatic rings. The number of aromatic hydroxyl groups is 1. The second kappa shape index (κ2) is 5.76. The topological polar surface area (TPSA) is 72.5 Å². The maximum atomic E-state index is 11.7. The summed E-state index contributed by atoms with van der Waals surface area (Å²) in [5.41, 5.74) is 8.30. The van der Waals surface area contributed by atoms with E-state index in [2.05, 4.69) is 13.0 Å². The summed E-state index contributed by atoms with van der Waals surface area (Å²) in [6.07, 6.45) is 6.62. The van der Waals surface area contributed by atoms with Crippen molar-refractivity contribution in [1.29, 1.82) is 0 Å². The smallest absolute Gasteiger partial charge is 0.319 e. The molecule has 3 N–H and O–H groups in total. The van der Waals surface area contributed by atoms with Crippen molar-refractivity contribution in [2.24, 2.45) is 23.0 Å². The highest BCUT2D eigenvalue weighted by Crippen LogP contribution is 2.61. The van der Waals surface area contributed by atoms with Gasteiger partial charge in [0, 0.05) is 5.41 Å². The van der Waals surface area contributed by atoms with Gasteiger partial charge in [0.25, 0.3) is 0 Å². The Kier molecular flexibility index (Phi) is 3.83. The minimum atomic E-state index is -0.270. The van der Waals surface area contributed by atoms with E-state index in [1.165, 1.54) is 17.5 Å². The lowest BCUT2D eigenvalue weighted by Crippen LogP contribution is -2.45. The minimum absolute atomic E-state index is 0.0276. The first-order chi connectivity index (χ1) is 11.5. The van der Waals surface area contributed by atoms with Crippen molar-refractivity contribution in [3.63, 3.8) is 0 Å². The van der Waals surface area contributed by atoms with Crippen LogP contribution < -0.4 is 5.73 Å². The molecule has 4 nitrogen and oxygen atoms in total. The van der Waals surface area contributed by atoms with Crippen LogP contribution in [0.2, 0.25) is 0 Å². The van der Waals surface area contributed by atoms with Crippen LogP contribution in [0.4, 0.5) is 0 Å². The molecule has 0 aliphatic heterocycles. The summed E-state index contributed by atoms with van der Waals surface area (Å²) >= 11 is 0. The fourth-order valence-electron chi connectivity index (χ4n) is 5.92. The molecule has 0 aromatic heterocycles. The summed E-state index contributed by atoms with van der Waals surface area (Å²) in [6, 6.07) is 5.90. The molecule has 130 valence electrons. The van der Waals surface area contributed by atoms with E-state index in [9.17, 15) is 9.90 Å². The van der Waals surface area contributed by atoms with Gasteiger partial charge in [-0.2, -0.15) is 0 Å². The van der Waals surface area contributed by atoms with Crippen molar-refractivity contribution >= 4 is 5.97 Å². The van der Waals surface area contributed by atoms with Crippen molar-refractivity contribution in [2.75, 3.05) is 6.54 Å². The molecule has 4 rings (SSSR count). The van der Waals surface area contributed by atoms with Gasteiger partial charge in [-0.3, -0.25) is 4.79 Å². The standard InChI is InChI=1S/C20H27NO3/c1-20-9-8-15-14-5-3-13(22)10-12(14)2-4-16(15)17(20)6-7-18(20)24-19(23)11-21/h3,5,10,15-18,22H,2,4,6-9,11,21H2,1H3/t15?,16?,17?,18-,20-/m0/s1. The number of phenolic OH excluding ortho intramolecular Hbond substituents is 1. The fraction of sp³-hybridized carbons (Fsp3) is 0.650. The number of rotatable bonds is 2. The Morgan fingerprint density at radius 1 is 1.33 bits per heavy atom. The number of benzene rings is 1. The van der Waals surface area contributed by atoms with E-state index in [0.717, 1.165) is 32.1 Å². The first-order valence-corrected chi connectivity index (χ1v) is 9.24. The lowest BCUT2D eigenvalue weighted by molar-refractivity contribution is -0.155. The summed E-state index contributed by atoms with van der Waals surface area (Å²) < 4.78 is 5.70. The van der Waals surface area contributed by atoms with Gasteiger partial charge in [-0.15, -0.1) is 0 Å². The minimum Gasteiger partial charge on any atom is -0.508 e. The molecule has 0 radical (unpaired) electrons. The Balaban J connectivity index is 1.60. The Morgan fingerprint density at radius 2 is 2.17 bits per heavy atom. The molecule has 0 heterocycles. The highest BCUT2D eigenvalue weighted by atomic mass is 16.5. The van der Waals surface area contributed by atoms with Crippen LogP contribution in [-0.2, 0) is 16.0 Å². The summed E-state index contributed by atoms with van der Waals surface area (Å²) in [4.78, 5) is 11.7. The maximum Gasteiger partial charge on any atom is 0.319 e. The van der Waals surface area contributed by atoms with E-state index in [4.69, 9.17) is 10.5 Å². The van der Waals surface area contributed by atoms with Crippen LogP contribution in [0, 0.1) is 17.3 Å². The Hall–Kier alpha value is -1.55. The molecule has 3 unspecified atom stereocenters. The van der Waals surface area contributed by atoms with Gasteiger partial charge < -0.3 is 15.6 Å². The number of aryl methyl sites for hydroxylation is 1. The molecule has 3 aliphatic carbocycles. The second-order valence-corrected chi connectivity index (χ2v) is 8.10. The number of carbonyl (C=O) groups is 1. The summed E-state index contributed by atoms with van der Waals surface area (Å²) in [5.74, 6) is 1.99. The summed E-state index contributed by atoms with van der Waals surface area (Å²) in [6.45, 7) is 2.29. The van der Waals surface area contributed by atoms with E-state index in [1.54, 1.807) is 0 Å². The second-order valence-electron chi connectivity index (χ2n) is 8.10. The van der Waals surface area contributed by atoms with Crippen LogP contribution >= 0.6 is 0 Å². The molecule has 0 spiro atoms. The van der Waals surface area contributed by atoms with Gasteiger partial charge in [0.2, 0.25) is 0 Å². The molecule has 5 atom stereocenters. The van der Waals surface area contributed by atoms with Gasteiger partial charge in [-0.05, 0) is 79.5 Å². The van der Waals surface area contributed by atoms with E-state index in [-0.39, 0.29) is 24.0 Å². The zero-order valence-corrected chi connectivity index (χ0v) is 14.3. The SMILES string of the molecule is C[C@]12CCC3c4ccc(O)cc4CCC3C1CC[C@@H]2OC(=O)CN. The third-order valence-corrected chi connectivity index (χ3v) is 7.06. The molecule has 0 saturated heterocycles. The monoisotopic (exact) mass is 329 g/mol. The van der Waals surface area contributed by atoms with Crippen molar-refractivity contribution in [3.05, 3.63) is 29.3 Å². The lowest BCUT2D eigenvalue weighted by Gasteiger charge is -2.50. The summed E-state index contributed by atoms with van der Waals surface area (Å²) in [5, 5.41) is 9.76.